The van der Waals surface area contributed by atoms with Crippen LogP contribution in [0.15, 0.2) is 48.5 Å². The number of piperidine rings is 1. The van der Waals surface area contributed by atoms with Crippen LogP contribution in [0.3, 0.4) is 0 Å². The van der Waals surface area contributed by atoms with Crippen molar-refractivity contribution in [2.75, 3.05) is 19.9 Å². The van der Waals surface area contributed by atoms with Crippen molar-refractivity contribution in [2.24, 2.45) is 0 Å². The van der Waals surface area contributed by atoms with Crippen LogP contribution >= 0.6 is 0 Å². The molecule has 1 amide bonds. The minimum atomic E-state index is 0.0731. The maximum Gasteiger partial charge on any atom is 0.254 e. The maximum absolute atomic E-state index is 12.8. The molecule has 0 N–H and O–H groups in total. The Morgan fingerprint density at radius 2 is 1.87 bits per heavy atom. The minimum absolute atomic E-state index is 0.0731. The molecule has 1 saturated heterocycles. The molecule has 2 aliphatic rings. The molecule has 118 valence electrons. The van der Waals surface area contributed by atoms with Gasteiger partial charge in [0.25, 0.3) is 5.91 Å². The zero-order valence-electron chi connectivity index (χ0n) is 12.9. The van der Waals surface area contributed by atoms with Gasteiger partial charge in [0, 0.05) is 24.6 Å². The van der Waals surface area contributed by atoms with Crippen molar-refractivity contribution in [3.8, 4) is 11.5 Å². The lowest BCUT2D eigenvalue weighted by molar-refractivity contribution is 0.0706. The molecule has 0 unspecified atom stereocenters. The average molecular weight is 309 g/mol. The van der Waals surface area contributed by atoms with Crippen LogP contribution in [0.5, 0.6) is 11.5 Å². The molecule has 0 radical (unpaired) electrons. The summed E-state index contributed by atoms with van der Waals surface area (Å²) < 4.78 is 10.7. The normalized spacial score (nSPS) is 19.7. The highest BCUT2D eigenvalue weighted by atomic mass is 16.7. The van der Waals surface area contributed by atoms with E-state index in [0.717, 1.165) is 25.9 Å². The van der Waals surface area contributed by atoms with Gasteiger partial charge in [0.2, 0.25) is 6.79 Å². The van der Waals surface area contributed by atoms with Crippen molar-refractivity contribution in [2.45, 2.75) is 18.8 Å². The molecule has 2 aromatic carbocycles. The third-order valence-electron chi connectivity index (χ3n) is 4.60. The van der Waals surface area contributed by atoms with Crippen molar-refractivity contribution in [1.29, 1.82) is 0 Å². The molecule has 0 aromatic heterocycles. The Hall–Kier alpha value is -2.49. The Bertz CT molecular complexity index is 714. The molecular formula is C19H19NO3. The van der Waals surface area contributed by atoms with Gasteiger partial charge >= 0.3 is 0 Å². The smallest absolute Gasteiger partial charge is 0.254 e. The molecule has 0 spiro atoms. The van der Waals surface area contributed by atoms with E-state index in [2.05, 4.69) is 24.3 Å². The Kier molecular flexibility index (Phi) is 3.66. The lowest BCUT2D eigenvalue weighted by atomic mass is 9.90. The maximum atomic E-state index is 12.8. The standard InChI is InChI=1S/C19H19NO3/c21-19(15-8-9-17-18(11-15)23-13-22-17)20-10-4-7-16(12-20)14-5-2-1-3-6-14/h1-3,5-6,8-9,11,16H,4,7,10,12-13H2/t16-/m0/s1. The number of benzene rings is 2. The molecule has 2 aromatic rings. The SMILES string of the molecule is O=C(c1ccc2c(c1)OCO2)N1CCC[C@H](c2ccccc2)C1. The summed E-state index contributed by atoms with van der Waals surface area (Å²) in [5.41, 5.74) is 1.98. The molecule has 4 rings (SSSR count). The number of rotatable bonds is 2. The number of carbonyl (C=O) groups excluding carboxylic acids is 1. The zero-order valence-corrected chi connectivity index (χ0v) is 12.9. The lowest BCUT2D eigenvalue weighted by Crippen LogP contribution is -2.39. The number of carbonyl (C=O) groups is 1. The summed E-state index contributed by atoms with van der Waals surface area (Å²) in [4.78, 5) is 14.8. The Labute approximate surface area is 135 Å². The summed E-state index contributed by atoms with van der Waals surface area (Å²) in [7, 11) is 0. The predicted octanol–water partition coefficient (Wildman–Crippen LogP) is 3.44. The van der Waals surface area contributed by atoms with Gasteiger partial charge in [-0.1, -0.05) is 30.3 Å². The summed E-state index contributed by atoms with van der Waals surface area (Å²) in [6.07, 6.45) is 2.17. The summed E-state index contributed by atoms with van der Waals surface area (Å²) in [6, 6.07) is 15.9. The first-order chi connectivity index (χ1) is 11.3. The van der Waals surface area contributed by atoms with E-state index in [4.69, 9.17) is 9.47 Å². The largest absolute Gasteiger partial charge is 0.454 e. The quantitative estimate of drug-likeness (QED) is 0.853. The van der Waals surface area contributed by atoms with E-state index in [-0.39, 0.29) is 12.7 Å². The molecular weight excluding hydrogens is 290 g/mol. The van der Waals surface area contributed by atoms with Gasteiger partial charge in [-0.05, 0) is 36.6 Å². The van der Waals surface area contributed by atoms with Crippen molar-refractivity contribution >= 4 is 5.91 Å². The monoisotopic (exact) mass is 309 g/mol. The Morgan fingerprint density at radius 3 is 2.74 bits per heavy atom. The van der Waals surface area contributed by atoms with Crippen molar-refractivity contribution in [3.63, 3.8) is 0 Å². The molecule has 2 heterocycles. The fraction of sp³-hybridized carbons (Fsp3) is 0.316. The number of nitrogens with zero attached hydrogens (tertiary/aromatic N) is 1. The zero-order chi connectivity index (χ0) is 15.6. The highest BCUT2D eigenvalue weighted by Gasteiger charge is 2.26. The number of hydrogen-bond acceptors (Lipinski definition) is 3. The van der Waals surface area contributed by atoms with Crippen molar-refractivity contribution in [1.82, 2.24) is 4.90 Å². The van der Waals surface area contributed by atoms with Gasteiger partial charge in [0.1, 0.15) is 0 Å². The van der Waals surface area contributed by atoms with E-state index < -0.39 is 0 Å². The summed E-state index contributed by atoms with van der Waals surface area (Å²) in [6.45, 7) is 1.82. The molecule has 1 atom stereocenters. The second-order valence-electron chi connectivity index (χ2n) is 6.07. The van der Waals surface area contributed by atoms with Crippen molar-refractivity contribution < 1.29 is 14.3 Å². The van der Waals surface area contributed by atoms with Crippen LogP contribution in [-0.4, -0.2) is 30.7 Å². The predicted molar refractivity (Wildman–Crippen MR) is 86.9 cm³/mol. The molecule has 4 nitrogen and oxygen atoms in total. The lowest BCUT2D eigenvalue weighted by Gasteiger charge is -2.33. The van der Waals surface area contributed by atoms with Gasteiger partial charge in [-0.3, -0.25) is 4.79 Å². The van der Waals surface area contributed by atoms with Gasteiger partial charge in [-0.2, -0.15) is 0 Å². The molecule has 0 saturated carbocycles. The molecule has 4 heteroatoms. The van der Waals surface area contributed by atoms with E-state index in [0.29, 0.717) is 23.0 Å². The molecule has 2 aliphatic heterocycles. The van der Waals surface area contributed by atoms with Gasteiger partial charge in [-0.25, -0.2) is 0 Å². The highest BCUT2D eigenvalue weighted by molar-refractivity contribution is 5.95. The van der Waals surface area contributed by atoms with E-state index in [9.17, 15) is 4.79 Å². The van der Waals surface area contributed by atoms with Crippen LogP contribution in [-0.2, 0) is 0 Å². The second-order valence-corrected chi connectivity index (χ2v) is 6.07. The van der Waals surface area contributed by atoms with Crippen LogP contribution in [0, 0.1) is 0 Å². The van der Waals surface area contributed by atoms with Crippen LogP contribution < -0.4 is 9.47 Å². The topological polar surface area (TPSA) is 38.8 Å². The number of fused-ring (bicyclic) bond motifs is 1. The van der Waals surface area contributed by atoms with Crippen LogP contribution in [0.2, 0.25) is 0 Å². The fourth-order valence-electron chi connectivity index (χ4n) is 3.37. The van der Waals surface area contributed by atoms with Crippen LogP contribution in [0.1, 0.15) is 34.7 Å². The summed E-state index contributed by atoms with van der Waals surface area (Å²) in [5.74, 6) is 1.86. The van der Waals surface area contributed by atoms with Crippen LogP contribution in [0.25, 0.3) is 0 Å². The van der Waals surface area contributed by atoms with E-state index in [1.54, 1.807) is 6.07 Å². The Balaban J connectivity index is 1.52. The van der Waals surface area contributed by atoms with Gasteiger partial charge < -0.3 is 14.4 Å². The first-order valence-electron chi connectivity index (χ1n) is 8.05. The summed E-state index contributed by atoms with van der Waals surface area (Å²) >= 11 is 0. The summed E-state index contributed by atoms with van der Waals surface area (Å²) in [5, 5.41) is 0. The van der Waals surface area contributed by atoms with E-state index in [1.165, 1.54) is 5.56 Å². The number of ether oxygens (including phenoxy) is 2. The average Bonchev–Trinajstić information content (AvgIpc) is 3.09. The third-order valence-corrected chi connectivity index (χ3v) is 4.60. The fourth-order valence-corrected chi connectivity index (χ4v) is 3.37. The van der Waals surface area contributed by atoms with Crippen LogP contribution in [0.4, 0.5) is 0 Å². The highest BCUT2D eigenvalue weighted by Crippen LogP contribution is 2.33. The first kappa shape index (κ1) is 14.1. The van der Waals surface area contributed by atoms with Gasteiger partial charge in [0.05, 0.1) is 0 Å². The Morgan fingerprint density at radius 1 is 1.04 bits per heavy atom. The number of hydrogen-bond donors (Lipinski definition) is 0. The molecule has 23 heavy (non-hydrogen) atoms. The first-order valence-corrected chi connectivity index (χ1v) is 8.05. The molecule has 1 fully saturated rings. The molecule has 0 aliphatic carbocycles. The number of likely N-dealkylation sites (tertiary alicyclic amines) is 1. The van der Waals surface area contributed by atoms with Gasteiger partial charge in [-0.15, -0.1) is 0 Å². The van der Waals surface area contributed by atoms with E-state index in [1.807, 2.05) is 23.1 Å². The van der Waals surface area contributed by atoms with Gasteiger partial charge in [0.15, 0.2) is 11.5 Å². The van der Waals surface area contributed by atoms with E-state index >= 15 is 0 Å². The minimum Gasteiger partial charge on any atom is -0.454 e. The van der Waals surface area contributed by atoms with Crippen molar-refractivity contribution in [3.05, 3.63) is 59.7 Å². The molecule has 0 bridgehead atoms. The number of amides is 1. The third kappa shape index (κ3) is 2.77. The second kappa shape index (κ2) is 5.95.